The molecule has 0 amide bonds. The maximum atomic E-state index is 4.99. The van der Waals surface area contributed by atoms with E-state index >= 15 is 0 Å². The van der Waals surface area contributed by atoms with Gasteiger partial charge in [0, 0.05) is 24.7 Å². The lowest BCUT2D eigenvalue weighted by atomic mass is 10.2. The SMILES string of the molecule is CNC(CSCCOC)C1CC1. The van der Waals surface area contributed by atoms with E-state index in [1.54, 1.807) is 7.11 Å². The topological polar surface area (TPSA) is 21.3 Å². The second-order valence-corrected chi connectivity index (χ2v) is 4.45. The molecule has 12 heavy (non-hydrogen) atoms. The minimum absolute atomic E-state index is 0.742. The van der Waals surface area contributed by atoms with Crippen molar-refractivity contribution in [2.24, 2.45) is 5.92 Å². The molecule has 1 N–H and O–H groups in total. The highest BCUT2D eigenvalue weighted by atomic mass is 32.2. The highest BCUT2D eigenvalue weighted by Gasteiger charge is 2.29. The van der Waals surface area contributed by atoms with E-state index < -0.39 is 0 Å². The van der Waals surface area contributed by atoms with E-state index in [1.807, 2.05) is 11.8 Å². The van der Waals surface area contributed by atoms with Crippen molar-refractivity contribution in [2.75, 3.05) is 32.3 Å². The molecule has 0 radical (unpaired) electrons. The molecule has 0 heterocycles. The summed E-state index contributed by atoms with van der Waals surface area (Å²) in [6, 6.07) is 0.742. The Kier molecular flexibility index (Phi) is 5.04. The van der Waals surface area contributed by atoms with E-state index in [0.29, 0.717) is 0 Å². The van der Waals surface area contributed by atoms with E-state index in [9.17, 15) is 0 Å². The van der Waals surface area contributed by atoms with Gasteiger partial charge in [-0.05, 0) is 25.8 Å². The first-order chi connectivity index (χ1) is 5.88. The molecule has 0 aromatic heterocycles. The third-order valence-corrected chi connectivity index (χ3v) is 3.34. The number of rotatable bonds is 7. The lowest BCUT2D eigenvalue weighted by Gasteiger charge is -2.14. The number of methoxy groups -OCH3 is 1. The molecule has 0 aromatic rings. The molecule has 1 unspecified atom stereocenters. The highest BCUT2D eigenvalue weighted by molar-refractivity contribution is 7.99. The lowest BCUT2D eigenvalue weighted by molar-refractivity contribution is 0.218. The van der Waals surface area contributed by atoms with Crippen molar-refractivity contribution in [2.45, 2.75) is 18.9 Å². The van der Waals surface area contributed by atoms with Gasteiger partial charge in [-0.3, -0.25) is 0 Å². The summed E-state index contributed by atoms with van der Waals surface area (Å²) in [4.78, 5) is 0. The summed E-state index contributed by atoms with van der Waals surface area (Å²) in [5.41, 5.74) is 0. The van der Waals surface area contributed by atoms with Gasteiger partial charge < -0.3 is 10.1 Å². The Morgan fingerprint density at radius 2 is 2.33 bits per heavy atom. The van der Waals surface area contributed by atoms with Crippen LogP contribution >= 0.6 is 11.8 Å². The molecular weight excluding hydrogens is 170 g/mol. The van der Waals surface area contributed by atoms with E-state index in [4.69, 9.17) is 4.74 Å². The molecule has 0 spiro atoms. The molecule has 1 atom stereocenters. The molecule has 3 heteroatoms. The molecule has 0 aliphatic heterocycles. The summed E-state index contributed by atoms with van der Waals surface area (Å²) in [6.07, 6.45) is 2.85. The normalized spacial score (nSPS) is 19.5. The van der Waals surface area contributed by atoms with E-state index in [1.165, 1.54) is 18.6 Å². The fraction of sp³-hybridized carbons (Fsp3) is 1.00. The Hall–Kier alpha value is 0.270. The zero-order valence-corrected chi connectivity index (χ0v) is 8.82. The fourth-order valence-corrected chi connectivity index (χ4v) is 2.45. The third-order valence-electron chi connectivity index (χ3n) is 2.29. The van der Waals surface area contributed by atoms with Gasteiger partial charge in [-0.2, -0.15) is 11.8 Å². The van der Waals surface area contributed by atoms with Gasteiger partial charge >= 0.3 is 0 Å². The first kappa shape index (κ1) is 10.4. The third kappa shape index (κ3) is 3.78. The first-order valence-corrected chi connectivity index (χ1v) is 5.78. The van der Waals surface area contributed by atoms with Gasteiger partial charge in [0.2, 0.25) is 0 Å². The van der Waals surface area contributed by atoms with E-state index in [2.05, 4.69) is 12.4 Å². The molecule has 72 valence electrons. The van der Waals surface area contributed by atoms with Crippen LogP contribution in [0.25, 0.3) is 0 Å². The molecule has 0 saturated heterocycles. The lowest BCUT2D eigenvalue weighted by Crippen LogP contribution is -2.30. The Morgan fingerprint density at radius 3 is 2.83 bits per heavy atom. The summed E-state index contributed by atoms with van der Waals surface area (Å²) >= 11 is 1.99. The van der Waals surface area contributed by atoms with Crippen LogP contribution in [-0.4, -0.2) is 38.3 Å². The number of hydrogen-bond donors (Lipinski definition) is 1. The van der Waals surface area contributed by atoms with Crippen molar-refractivity contribution in [1.29, 1.82) is 0 Å². The van der Waals surface area contributed by atoms with Crippen molar-refractivity contribution in [3.63, 3.8) is 0 Å². The van der Waals surface area contributed by atoms with Gasteiger partial charge in [-0.15, -0.1) is 0 Å². The average Bonchev–Trinajstić information content (AvgIpc) is 2.88. The van der Waals surface area contributed by atoms with Crippen molar-refractivity contribution in [3.8, 4) is 0 Å². The van der Waals surface area contributed by atoms with Gasteiger partial charge in [0.05, 0.1) is 6.61 Å². The standard InChI is InChI=1S/C9H19NOS/c1-10-9(8-3-4-8)7-12-6-5-11-2/h8-10H,3-7H2,1-2H3. The van der Waals surface area contributed by atoms with Crippen molar-refractivity contribution < 1.29 is 4.74 Å². The van der Waals surface area contributed by atoms with Crippen LogP contribution in [-0.2, 0) is 4.74 Å². The molecule has 0 aromatic carbocycles. The van der Waals surface area contributed by atoms with E-state index in [-0.39, 0.29) is 0 Å². The summed E-state index contributed by atoms with van der Waals surface area (Å²) in [7, 11) is 3.83. The molecule has 1 saturated carbocycles. The van der Waals surface area contributed by atoms with Crippen LogP contribution in [0.1, 0.15) is 12.8 Å². The Labute approximate surface area is 79.4 Å². The minimum Gasteiger partial charge on any atom is -0.384 e. The number of hydrogen-bond acceptors (Lipinski definition) is 3. The van der Waals surface area contributed by atoms with Crippen molar-refractivity contribution in [3.05, 3.63) is 0 Å². The van der Waals surface area contributed by atoms with Crippen molar-refractivity contribution in [1.82, 2.24) is 5.32 Å². The molecule has 1 aliphatic carbocycles. The second-order valence-electron chi connectivity index (χ2n) is 3.30. The highest BCUT2D eigenvalue weighted by Crippen LogP contribution is 2.33. The molecule has 0 bridgehead atoms. The Morgan fingerprint density at radius 1 is 1.58 bits per heavy atom. The van der Waals surface area contributed by atoms with Crippen LogP contribution in [0, 0.1) is 5.92 Å². The predicted octanol–water partition coefficient (Wildman–Crippen LogP) is 1.36. The fourth-order valence-electron chi connectivity index (χ4n) is 1.31. The average molecular weight is 189 g/mol. The monoisotopic (exact) mass is 189 g/mol. The number of nitrogens with one attached hydrogen (secondary N) is 1. The van der Waals surface area contributed by atoms with Crippen LogP contribution in [0.2, 0.25) is 0 Å². The summed E-state index contributed by atoms with van der Waals surface area (Å²) in [5, 5.41) is 3.38. The number of thioether (sulfide) groups is 1. The molecule has 1 fully saturated rings. The van der Waals surface area contributed by atoms with Crippen LogP contribution in [0.15, 0.2) is 0 Å². The summed E-state index contributed by atoms with van der Waals surface area (Å²) < 4.78 is 4.99. The second kappa shape index (κ2) is 5.84. The van der Waals surface area contributed by atoms with Crippen LogP contribution in [0.5, 0.6) is 0 Å². The smallest absolute Gasteiger partial charge is 0.0552 e. The van der Waals surface area contributed by atoms with E-state index in [0.717, 1.165) is 24.3 Å². The Bertz CT molecular complexity index is 117. The quantitative estimate of drug-likeness (QED) is 0.611. The molecular formula is C9H19NOS. The molecule has 1 aliphatic rings. The zero-order valence-electron chi connectivity index (χ0n) is 8.01. The van der Waals surface area contributed by atoms with Crippen molar-refractivity contribution >= 4 is 11.8 Å². The maximum Gasteiger partial charge on any atom is 0.0552 e. The predicted molar refractivity (Wildman–Crippen MR) is 54.8 cm³/mol. The van der Waals surface area contributed by atoms with Gasteiger partial charge in [-0.1, -0.05) is 0 Å². The maximum absolute atomic E-state index is 4.99. The Balaban J connectivity index is 1.95. The largest absolute Gasteiger partial charge is 0.384 e. The van der Waals surface area contributed by atoms with Gasteiger partial charge in [0.15, 0.2) is 0 Å². The van der Waals surface area contributed by atoms with Gasteiger partial charge in [0.25, 0.3) is 0 Å². The van der Waals surface area contributed by atoms with Crippen LogP contribution in [0.4, 0.5) is 0 Å². The van der Waals surface area contributed by atoms with Gasteiger partial charge in [-0.25, -0.2) is 0 Å². The minimum atomic E-state index is 0.742. The van der Waals surface area contributed by atoms with Gasteiger partial charge in [0.1, 0.15) is 0 Å². The zero-order chi connectivity index (χ0) is 8.81. The number of ether oxygens (including phenoxy) is 1. The summed E-state index contributed by atoms with van der Waals surface area (Å²) in [5.74, 6) is 3.33. The first-order valence-electron chi connectivity index (χ1n) is 4.62. The molecule has 1 rings (SSSR count). The molecule has 2 nitrogen and oxygen atoms in total. The van der Waals surface area contributed by atoms with Crippen LogP contribution in [0.3, 0.4) is 0 Å². The van der Waals surface area contributed by atoms with Crippen LogP contribution < -0.4 is 5.32 Å². The summed E-state index contributed by atoms with van der Waals surface area (Å²) in [6.45, 7) is 0.881.